The number of hydrogen-bond donors (Lipinski definition) is 1. The summed E-state index contributed by atoms with van der Waals surface area (Å²) in [5, 5.41) is 5.79. The summed E-state index contributed by atoms with van der Waals surface area (Å²) in [5.74, 6) is 0. The van der Waals surface area contributed by atoms with Crippen molar-refractivity contribution in [3.05, 3.63) is 22.4 Å². The van der Waals surface area contributed by atoms with Crippen LogP contribution in [0.5, 0.6) is 0 Å². The van der Waals surface area contributed by atoms with Gasteiger partial charge in [0, 0.05) is 30.0 Å². The molecule has 0 saturated heterocycles. The first-order valence-electron chi connectivity index (χ1n) is 5.92. The first-order chi connectivity index (χ1) is 7.62. The molecule has 0 amide bonds. The van der Waals surface area contributed by atoms with Crippen molar-refractivity contribution in [1.29, 1.82) is 0 Å². The molecular formula is C13H21NOS. The Labute approximate surface area is 102 Å². The first-order valence-corrected chi connectivity index (χ1v) is 6.80. The average Bonchev–Trinajstić information content (AvgIpc) is 2.68. The Hall–Kier alpha value is -0.380. The van der Waals surface area contributed by atoms with Crippen molar-refractivity contribution < 1.29 is 4.74 Å². The zero-order valence-electron chi connectivity index (χ0n) is 10.3. The highest BCUT2D eigenvalue weighted by Crippen LogP contribution is 2.28. The monoisotopic (exact) mass is 239 g/mol. The van der Waals surface area contributed by atoms with Crippen LogP contribution in [-0.4, -0.2) is 25.8 Å². The van der Waals surface area contributed by atoms with Crippen LogP contribution in [0.1, 0.15) is 31.6 Å². The van der Waals surface area contributed by atoms with Crippen LogP contribution in [0.2, 0.25) is 0 Å². The average molecular weight is 239 g/mol. The van der Waals surface area contributed by atoms with Gasteiger partial charge in [0.05, 0.1) is 6.10 Å². The van der Waals surface area contributed by atoms with Gasteiger partial charge in [0.25, 0.3) is 0 Å². The highest BCUT2D eigenvalue weighted by molar-refractivity contribution is 7.10. The minimum Gasteiger partial charge on any atom is -0.381 e. The molecule has 2 rings (SSSR count). The molecule has 0 bridgehead atoms. The fraction of sp³-hybridized carbons (Fsp3) is 0.692. The lowest BCUT2D eigenvalue weighted by Crippen LogP contribution is -2.48. The first kappa shape index (κ1) is 12.1. The molecule has 3 heteroatoms. The maximum atomic E-state index is 5.28. The van der Waals surface area contributed by atoms with E-state index in [1.165, 1.54) is 4.88 Å². The van der Waals surface area contributed by atoms with Crippen molar-refractivity contribution in [2.24, 2.45) is 0 Å². The maximum absolute atomic E-state index is 5.28. The third-order valence-corrected chi connectivity index (χ3v) is 4.68. The van der Waals surface area contributed by atoms with Gasteiger partial charge in [-0.25, -0.2) is 0 Å². The standard InChI is InChI=1S/C13H21NOS/c1-13(2,12-5-4-6-16-12)9-14-10-7-11(8-10)15-3/h4-6,10-11,14H,7-9H2,1-3H3. The van der Waals surface area contributed by atoms with Crippen LogP contribution in [0, 0.1) is 0 Å². The predicted molar refractivity (Wildman–Crippen MR) is 69.2 cm³/mol. The summed E-state index contributed by atoms with van der Waals surface area (Å²) in [7, 11) is 1.80. The van der Waals surface area contributed by atoms with Gasteiger partial charge in [0.15, 0.2) is 0 Å². The lowest BCUT2D eigenvalue weighted by molar-refractivity contribution is 0.0163. The number of rotatable bonds is 5. The molecule has 0 aliphatic heterocycles. The van der Waals surface area contributed by atoms with Gasteiger partial charge in [-0.1, -0.05) is 19.9 Å². The fourth-order valence-corrected chi connectivity index (χ4v) is 2.93. The van der Waals surface area contributed by atoms with Crippen molar-refractivity contribution >= 4 is 11.3 Å². The molecule has 0 unspecified atom stereocenters. The van der Waals surface area contributed by atoms with Gasteiger partial charge < -0.3 is 10.1 Å². The van der Waals surface area contributed by atoms with E-state index in [2.05, 4.69) is 36.7 Å². The van der Waals surface area contributed by atoms with Crippen LogP contribution in [0.25, 0.3) is 0 Å². The number of thiophene rings is 1. The maximum Gasteiger partial charge on any atom is 0.0601 e. The molecule has 1 fully saturated rings. The highest BCUT2D eigenvalue weighted by Gasteiger charge is 2.30. The van der Waals surface area contributed by atoms with E-state index in [1.807, 2.05) is 11.3 Å². The molecule has 1 aromatic heterocycles. The molecule has 0 atom stereocenters. The van der Waals surface area contributed by atoms with Gasteiger partial charge in [-0.05, 0) is 24.3 Å². The second kappa shape index (κ2) is 4.86. The largest absolute Gasteiger partial charge is 0.381 e. The molecule has 1 heterocycles. The van der Waals surface area contributed by atoms with E-state index in [1.54, 1.807) is 7.11 Å². The van der Waals surface area contributed by atoms with Crippen LogP contribution in [0.3, 0.4) is 0 Å². The Balaban J connectivity index is 1.78. The van der Waals surface area contributed by atoms with Gasteiger partial charge in [-0.15, -0.1) is 11.3 Å². The molecule has 1 aliphatic carbocycles. The molecule has 1 saturated carbocycles. The summed E-state index contributed by atoms with van der Waals surface area (Å²) < 4.78 is 5.28. The van der Waals surface area contributed by atoms with Crippen molar-refractivity contribution in [2.45, 2.75) is 44.2 Å². The third-order valence-electron chi connectivity index (χ3n) is 3.45. The Morgan fingerprint density at radius 3 is 2.81 bits per heavy atom. The normalized spacial score (nSPS) is 25.4. The third kappa shape index (κ3) is 2.65. The number of ether oxygens (including phenoxy) is 1. The van der Waals surface area contributed by atoms with Crippen LogP contribution in [-0.2, 0) is 10.2 Å². The Morgan fingerprint density at radius 2 is 2.25 bits per heavy atom. The van der Waals surface area contributed by atoms with Crippen LogP contribution >= 0.6 is 11.3 Å². The zero-order valence-corrected chi connectivity index (χ0v) is 11.1. The van der Waals surface area contributed by atoms with Crippen molar-refractivity contribution in [1.82, 2.24) is 5.32 Å². The minimum atomic E-state index is 0.242. The minimum absolute atomic E-state index is 0.242. The molecule has 1 N–H and O–H groups in total. The lowest BCUT2D eigenvalue weighted by atomic mass is 9.86. The van der Waals surface area contributed by atoms with Crippen LogP contribution in [0.4, 0.5) is 0 Å². The van der Waals surface area contributed by atoms with Gasteiger partial charge >= 0.3 is 0 Å². The van der Waals surface area contributed by atoms with Gasteiger partial charge in [-0.2, -0.15) is 0 Å². The van der Waals surface area contributed by atoms with Crippen LogP contribution in [0.15, 0.2) is 17.5 Å². The SMILES string of the molecule is COC1CC(NCC(C)(C)c2cccs2)C1. The smallest absolute Gasteiger partial charge is 0.0601 e. The predicted octanol–water partition coefficient (Wildman–Crippen LogP) is 2.79. The van der Waals surface area contributed by atoms with Crippen LogP contribution < -0.4 is 5.32 Å². The van der Waals surface area contributed by atoms with E-state index >= 15 is 0 Å². The highest BCUT2D eigenvalue weighted by atomic mass is 32.1. The summed E-state index contributed by atoms with van der Waals surface area (Å²) in [5.41, 5.74) is 0.242. The Bertz CT molecular complexity index is 315. The molecule has 90 valence electrons. The van der Waals surface area contributed by atoms with E-state index in [0.717, 1.165) is 19.4 Å². The summed E-state index contributed by atoms with van der Waals surface area (Å²) in [4.78, 5) is 1.46. The zero-order chi connectivity index (χ0) is 11.6. The van der Waals surface area contributed by atoms with Gasteiger partial charge in [0.1, 0.15) is 0 Å². The van der Waals surface area contributed by atoms with Crippen molar-refractivity contribution in [3.8, 4) is 0 Å². The molecule has 1 aromatic rings. The molecule has 2 nitrogen and oxygen atoms in total. The molecule has 0 aromatic carbocycles. The second-order valence-corrected chi connectivity index (χ2v) is 6.22. The van der Waals surface area contributed by atoms with Crippen molar-refractivity contribution in [2.75, 3.05) is 13.7 Å². The van der Waals surface area contributed by atoms with E-state index in [-0.39, 0.29) is 5.41 Å². The molecule has 0 spiro atoms. The summed E-state index contributed by atoms with van der Waals surface area (Å²) in [6, 6.07) is 5.01. The second-order valence-electron chi connectivity index (χ2n) is 5.27. The topological polar surface area (TPSA) is 21.3 Å². The lowest BCUT2D eigenvalue weighted by Gasteiger charge is -2.37. The quantitative estimate of drug-likeness (QED) is 0.853. The van der Waals surface area contributed by atoms with E-state index in [0.29, 0.717) is 12.1 Å². The summed E-state index contributed by atoms with van der Waals surface area (Å²) >= 11 is 1.85. The Morgan fingerprint density at radius 1 is 1.50 bits per heavy atom. The van der Waals surface area contributed by atoms with Crippen molar-refractivity contribution in [3.63, 3.8) is 0 Å². The molecule has 0 radical (unpaired) electrons. The number of nitrogens with one attached hydrogen (secondary N) is 1. The van der Waals surface area contributed by atoms with E-state index < -0.39 is 0 Å². The number of hydrogen-bond acceptors (Lipinski definition) is 3. The number of methoxy groups -OCH3 is 1. The molecule has 1 aliphatic rings. The molecule has 16 heavy (non-hydrogen) atoms. The van der Waals surface area contributed by atoms with E-state index in [9.17, 15) is 0 Å². The summed E-state index contributed by atoms with van der Waals surface area (Å²) in [6.07, 6.45) is 2.82. The Kier molecular flexibility index (Phi) is 3.67. The van der Waals surface area contributed by atoms with Gasteiger partial charge in [0.2, 0.25) is 0 Å². The van der Waals surface area contributed by atoms with Gasteiger partial charge in [-0.3, -0.25) is 0 Å². The molecular weight excluding hydrogens is 218 g/mol. The van der Waals surface area contributed by atoms with E-state index in [4.69, 9.17) is 4.74 Å². The fourth-order valence-electron chi connectivity index (χ4n) is 2.08. The summed E-state index contributed by atoms with van der Waals surface area (Å²) in [6.45, 7) is 5.66.